The Morgan fingerprint density at radius 3 is 1.87 bits per heavy atom. The van der Waals surface area contributed by atoms with Crippen LogP contribution in [-0.4, -0.2) is 87.7 Å². The molecule has 1 aromatic heterocycles. The number of halogens is 3. The largest absolute Gasteiger partial charge is 0.466 e. The number of nitrogens with one attached hydrogen (secondary N) is 1. The summed E-state index contributed by atoms with van der Waals surface area (Å²) in [6.07, 6.45) is -7.77. The Kier molecular flexibility index (Phi) is 15.4. The number of hydrogen-bond acceptors (Lipinski definition) is 11. The highest BCUT2D eigenvalue weighted by atomic mass is 32.1. The van der Waals surface area contributed by atoms with Gasteiger partial charge in [-0.25, -0.2) is 14.4 Å². The fourth-order valence-corrected chi connectivity index (χ4v) is 7.16. The molecule has 0 aliphatic carbocycles. The van der Waals surface area contributed by atoms with Gasteiger partial charge in [-0.1, -0.05) is 24.3 Å². The number of imide groups is 1. The van der Waals surface area contributed by atoms with Crippen molar-refractivity contribution < 1.29 is 60.9 Å². The number of nitrogens with zero attached hydrogens (tertiary/aromatic N) is 3. The molecule has 1 unspecified atom stereocenters. The Balaban J connectivity index is 1.69. The van der Waals surface area contributed by atoms with Crippen molar-refractivity contribution in [2.75, 3.05) is 13.2 Å². The molecular formula is C44H53F3N4O10S. The van der Waals surface area contributed by atoms with E-state index in [0.29, 0.717) is 16.9 Å². The van der Waals surface area contributed by atoms with Gasteiger partial charge in [0, 0.05) is 40.4 Å². The van der Waals surface area contributed by atoms with Gasteiger partial charge in [0.05, 0.1) is 18.6 Å². The molecule has 0 saturated carbocycles. The van der Waals surface area contributed by atoms with E-state index in [1.165, 1.54) is 47.7 Å². The molecule has 14 nitrogen and oxygen atoms in total. The smallest absolute Gasteiger partial charge is 0.436 e. The molecular weight excluding hydrogens is 834 g/mol. The molecule has 0 spiro atoms. The lowest BCUT2D eigenvalue weighted by molar-refractivity contribution is -0.142. The van der Waals surface area contributed by atoms with E-state index in [0.717, 1.165) is 27.5 Å². The lowest BCUT2D eigenvalue weighted by Crippen LogP contribution is -2.50. The quantitative estimate of drug-likeness (QED) is 0.0950. The average Bonchev–Trinajstić information content (AvgIpc) is 3.53. The zero-order valence-corrected chi connectivity index (χ0v) is 37.3. The number of fused-ring (bicyclic) bond motifs is 1. The minimum Gasteiger partial charge on any atom is -0.466 e. The van der Waals surface area contributed by atoms with Crippen molar-refractivity contribution in [2.45, 2.75) is 124 Å². The standard InChI is InChI=1S/C44H53F3N4O10S/c1-11-58-34(52)24-31-23-29-25-50(21-20-33(29)62-31)37(54)32(22-26-12-18-30(19-13-26)44(45,46)47)48-36(53)28-16-14-27(15-17-28)35(49-38(55)59-41(2,3)4)51(39(56)60-42(5,6)7)40(57)61-43(8,9)10/h12-19,23,32H,11,20-22,24-25H2,1-10H3,(H,48,53). The van der Waals surface area contributed by atoms with E-state index in [-0.39, 0.29) is 49.6 Å². The molecule has 0 fully saturated rings. The van der Waals surface area contributed by atoms with E-state index in [1.54, 1.807) is 74.1 Å². The first-order valence-corrected chi connectivity index (χ1v) is 20.6. The van der Waals surface area contributed by atoms with Crippen molar-refractivity contribution in [2.24, 2.45) is 4.99 Å². The highest BCUT2D eigenvalue weighted by Gasteiger charge is 2.37. The summed E-state index contributed by atoms with van der Waals surface area (Å²) >= 11 is 1.45. The van der Waals surface area contributed by atoms with Crippen LogP contribution >= 0.6 is 11.3 Å². The summed E-state index contributed by atoms with van der Waals surface area (Å²) < 4.78 is 61.6. The van der Waals surface area contributed by atoms with E-state index in [1.807, 2.05) is 6.07 Å². The number of aliphatic imine (C=N–C) groups is 1. The van der Waals surface area contributed by atoms with Gasteiger partial charge in [0.1, 0.15) is 22.8 Å². The fraction of sp³-hybridized carbons (Fsp3) is 0.477. The minimum absolute atomic E-state index is 0.000884. The first-order chi connectivity index (χ1) is 28.6. The van der Waals surface area contributed by atoms with Gasteiger partial charge in [0.15, 0.2) is 5.84 Å². The fourth-order valence-electron chi connectivity index (χ4n) is 6.00. The summed E-state index contributed by atoms with van der Waals surface area (Å²) in [4.78, 5) is 88.3. The lowest BCUT2D eigenvalue weighted by Gasteiger charge is -2.31. The maximum atomic E-state index is 14.2. The van der Waals surface area contributed by atoms with Gasteiger partial charge in [-0.15, -0.1) is 11.3 Å². The molecule has 0 bridgehead atoms. The number of rotatable bonds is 9. The summed E-state index contributed by atoms with van der Waals surface area (Å²) in [5, 5.41) is 2.74. The van der Waals surface area contributed by atoms with Crippen LogP contribution in [0.4, 0.5) is 27.6 Å². The molecule has 1 aliphatic heterocycles. The monoisotopic (exact) mass is 886 g/mol. The molecule has 3 aromatic rings. The number of benzene rings is 2. The molecule has 62 heavy (non-hydrogen) atoms. The number of amidine groups is 1. The molecule has 2 aromatic carbocycles. The number of amides is 5. The van der Waals surface area contributed by atoms with Crippen LogP contribution in [0.25, 0.3) is 0 Å². The second-order valence-electron chi connectivity index (χ2n) is 17.4. The number of thiophene rings is 1. The van der Waals surface area contributed by atoms with Gasteiger partial charge in [-0.3, -0.25) is 14.4 Å². The molecule has 18 heteroatoms. The normalized spacial score (nSPS) is 14.0. The zero-order chi connectivity index (χ0) is 46.4. The second-order valence-corrected chi connectivity index (χ2v) is 18.6. The molecule has 4 rings (SSSR count). The van der Waals surface area contributed by atoms with E-state index in [9.17, 15) is 41.9 Å². The van der Waals surface area contributed by atoms with Gasteiger partial charge in [-0.2, -0.15) is 23.1 Å². The third-order valence-electron chi connectivity index (χ3n) is 8.54. The first kappa shape index (κ1) is 48.9. The predicted octanol–water partition coefficient (Wildman–Crippen LogP) is 8.65. The maximum Gasteiger partial charge on any atom is 0.436 e. The Morgan fingerprint density at radius 1 is 0.806 bits per heavy atom. The topological polar surface area (TPSA) is 170 Å². The second kappa shape index (κ2) is 19.5. The van der Waals surface area contributed by atoms with E-state index in [2.05, 4.69) is 10.3 Å². The SMILES string of the molecule is CCOC(=O)Cc1cc2c(s1)CCN(C(=O)C(Cc1ccc(C(F)(F)F)cc1)NC(=O)c1ccc(C(=NC(=O)OC(C)(C)C)N(C(=O)OC(C)(C)C)C(=O)OC(C)(C)C)cc1)C2. The van der Waals surface area contributed by atoms with Crippen LogP contribution in [0, 0.1) is 0 Å². The molecule has 0 radical (unpaired) electrons. The molecule has 2 heterocycles. The van der Waals surface area contributed by atoms with Crippen LogP contribution in [0.1, 0.15) is 112 Å². The third kappa shape index (κ3) is 14.4. The van der Waals surface area contributed by atoms with Crippen LogP contribution < -0.4 is 5.32 Å². The minimum atomic E-state index is -4.58. The summed E-state index contributed by atoms with van der Waals surface area (Å²) in [7, 11) is 0. The van der Waals surface area contributed by atoms with Gasteiger partial charge in [-0.05, 0) is 117 Å². The Bertz CT molecular complexity index is 2140. The molecule has 1 atom stereocenters. The van der Waals surface area contributed by atoms with Crippen molar-refractivity contribution in [1.29, 1.82) is 0 Å². The number of alkyl halides is 3. The highest BCUT2D eigenvalue weighted by Crippen LogP contribution is 2.31. The Hall–Kier alpha value is -5.78. The van der Waals surface area contributed by atoms with Crippen molar-refractivity contribution in [1.82, 2.24) is 15.1 Å². The van der Waals surface area contributed by atoms with Gasteiger partial charge in [0.25, 0.3) is 5.91 Å². The summed E-state index contributed by atoms with van der Waals surface area (Å²) in [5.41, 5.74) is -2.92. The number of hydrogen-bond donors (Lipinski definition) is 1. The number of esters is 1. The summed E-state index contributed by atoms with van der Waals surface area (Å²) in [5.74, 6) is -2.14. The van der Waals surface area contributed by atoms with Crippen LogP contribution in [0.3, 0.4) is 0 Å². The zero-order valence-electron chi connectivity index (χ0n) is 36.5. The Morgan fingerprint density at radius 2 is 1.35 bits per heavy atom. The van der Waals surface area contributed by atoms with E-state index in [4.69, 9.17) is 18.9 Å². The molecule has 0 saturated heterocycles. The van der Waals surface area contributed by atoms with Gasteiger partial charge < -0.3 is 29.2 Å². The van der Waals surface area contributed by atoms with Crippen molar-refractivity contribution >= 4 is 53.2 Å². The van der Waals surface area contributed by atoms with Crippen LogP contribution in [0.5, 0.6) is 0 Å². The van der Waals surface area contributed by atoms with Gasteiger partial charge >= 0.3 is 30.4 Å². The number of carbonyl (C=O) groups is 6. The van der Waals surface area contributed by atoms with E-state index >= 15 is 0 Å². The number of ether oxygens (including phenoxy) is 4. The first-order valence-electron chi connectivity index (χ1n) is 19.8. The van der Waals surface area contributed by atoms with Crippen molar-refractivity contribution in [3.63, 3.8) is 0 Å². The number of carbonyl (C=O) groups excluding carboxylic acids is 6. The lowest BCUT2D eigenvalue weighted by atomic mass is 10.0. The van der Waals surface area contributed by atoms with Crippen LogP contribution in [0.15, 0.2) is 59.6 Å². The van der Waals surface area contributed by atoms with E-state index < -0.39 is 70.5 Å². The van der Waals surface area contributed by atoms with Crippen LogP contribution in [0.2, 0.25) is 0 Å². The molecule has 336 valence electrons. The average molecular weight is 887 g/mol. The highest BCUT2D eigenvalue weighted by molar-refractivity contribution is 7.12. The predicted molar refractivity (Wildman–Crippen MR) is 224 cm³/mol. The summed E-state index contributed by atoms with van der Waals surface area (Å²) in [6, 6.07) is 10.1. The summed E-state index contributed by atoms with van der Waals surface area (Å²) in [6.45, 7) is 16.6. The van der Waals surface area contributed by atoms with Crippen LogP contribution in [-0.2, 0) is 60.5 Å². The third-order valence-corrected chi connectivity index (χ3v) is 9.77. The Labute approximate surface area is 362 Å². The van der Waals surface area contributed by atoms with Crippen molar-refractivity contribution in [3.05, 3.63) is 92.2 Å². The van der Waals surface area contributed by atoms with Gasteiger partial charge in [0.2, 0.25) is 5.91 Å². The molecule has 1 N–H and O–H groups in total. The molecule has 5 amide bonds. The maximum absolute atomic E-state index is 14.2. The molecule has 1 aliphatic rings. The van der Waals surface area contributed by atoms with Crippen molar-refractivity contribution in [3.8, 4) is 0 Å².